The van der Waals surface area contributed by atoms with E-state index < -0.39 is 6.03 Å². The highest BCUT2D eigenvalue weighted by Gasteiger charge is 1.90. The molecule has 6 heteroatoms. The number of hydrogen-bond acceptors (Lipinski definition) is 3. The fourth-order valence-electron chi connectivity index (χ4n) is 1.08. The van der Waals surface area contributed by atoms with Crippen molar-refractivity contribution >= 4 is 29.0 Å². The molecule has 1 heterocycles. The van der Waals surface area contributed by atoms with E-state index in [9.17, 15) is 4.79 Å². The van der Waals surface area contributed by atoms with E-state index in [0.717, 1.165) is 5.69 Å². The summed E-state index contributed by atoms with van der Waals surface area (Å²) < 4.78 is 0. The number of amides is 2. The Morgan fingerprint density at radius 2 is 1.89 bits per heavy atom. The number of anilines is 2. The van der Waals surface area contributed by atoms with Gasteiger partial charge in [-0.25, -0.2) is 9.78 Å². The van der Waals surface area contributed by atoms with Gasteiger partial charge >= 0.3 is 6.03 Å². The van der Waals surface area contributed by atoms with Gasteiger partial charge in [0, 0.05) is 17.6 Å². The summed E-state index contributed by atoms with van der Waals surface area (Å²) in [7, 11) is 0. The predicted molar refractivity (Wildman–Crippen MR) is 73.3 cm³/mol. The Bertz CT molecular complexity index is 487. The molecule has 0 spiro atoms. The smallest absolute Gasteiger partial charge is 0.316 e. The van der Waals surface area contributed by atoms with Crippen molar-refractivity contribution in [3.05, 3.63) is 53.8 Å². The second-order valence-electron chi connectivity index (χ2n) is 3.27. The van der Waals surface area contributed by atoms with Crippen LogP contribution in [-0.4, -0.2) is 11.0 Å². The molecule has 0 unspecified atom stereocenters. The largest absolute Gasteiger partial charge is 0.399 e. The van der Waals surface area contributed by atoms with E-state index in [4.69, 9.17) is 23.1 Å². The average Bonchev–Trinajstić information content (AvgIpc) is 2.30. The average molecular weight is 265 g/mol. The number of nitrogen functional groups attached to an aromatic ring is 1. The number of urea groups is 1. The van der Waals surface area contributed by atoms with Crippen LogP contribution < -0.4 is 16.8 Å². The molecule has 5 N–H and O–H groups in total. The highest BCUT2D eigenvalue weighted by atomic mass is 35.5. The van der Waals surface area contributed by atoms with Crippen molar-refractivity contribution in [3.8, 4) is 0 Å². The van der Waals surface area contributed by atoms with E-state index in [1.807, 2.05) is 18.2 Å². The highest BCUT2D eigenvalue weighted by molar-refractivity contribution is 6.29. The number of benzene rings is 1. The van der Waals surface area contributed by atoms with Crippen LogP contribution in [0.5, 0.6) is 0 Å². The third-order valence-electron chi connectivity index (χ3n) is 1.79. The van der Waals surface area contributed by atoms with Crippen LogP contribution in [0.4, 0.5) is 16.2 Å². The summed E-state index contributed by atoms with van der Waals surface area (Å²) in [6, 6.07) is 11.8. The Labute approximate surface area is 110 Å². The Balaban J connectivity index is 0.000000184. The summed E-state index contributed by atoms with van der Waals surface area (Å²) in [5.74, 6) is 0. The van der Waals surface area contributed by atoms with Crippen molar-refractivity contribution in [3.63, 3.8) is 0 Å². The molecule has 0 saturated carbocycles. The van der Waals surface area contributed by atoms with Crippen LogP contribution in [0.3, 0.4) is 0 Å². The molecule has 0 atom stereocenters. The van der Waals surface area contributed by atoms with Crippen molar-refractivity contribution in [1.29, 1.82) is 0 Å². The topological polar surface area (TPSA) is 94.0 Å². The molecule has 0 aliphatic carbocycles. The van der Waals surface area contributed by atoms with Gasteiger partial charge in [0.2, 0.25) is 0 Å². The SMILES string of the molecule is NC(=O)Nc1ccccc1.Nc1ccnc(Cl)c1. The van der Waals surface area contributed by atoms with Gasteiger partial charge in [-0.05, 0) is 24.3 Å². The number of carbonyl (C=O) groups excluding carboxylic acids is 1. The molecule has 2 aromatic rings. The highest BCUT2D eigenvalue weighted by Crippen LogP contribution is 2.06. The second-order valence-corrected chi connectivity index (χ2v) is 3.65. The summed E-state index contributed by atoms with van der Waals surface area (Å²) in [5, 5.41) is 2.88. The molecule has 0 aliphatic heterocycles. The molecule has 0 aliphatic rings. The van der Waals surface area contributed by atoms with E-state index in [2.05, 4.69) is 10.3 Å². The zero-order valence-electron chi connectivity index (χ0n) is 9.51. The maximum atomic E-state index is 10.3. The molecule has 0 radical (unpaired) electrons. The number of carbonyl (C=O) groups is 1. The first kappa shape index (κ1) is 13.8. The van der Waals surface area contributed by atoms with Gasteiger partial charge in [-0.1, -0.05) is 29.8 Å². The minimum absolute atomic E-state index is 0.435. The van der Waals surface area contributed by atoms with Gasteiger partial charge in [0.25, 0.3) is 0 Å². The van der Waals surface area contributed by atoms with Gasteiger partial charge in [0.05, 0.1) is 0 Å². The Kier molecular flexibility index (Phi) is 5.47. The minimum Gasteiger partial charge on any atom is -0.399 e. The number of pyridine rings is 1. The minimum atomic E-state index is -0.536. The molecule has 18 heavy (non-hydrogen) atoms. The van der Waals surface area contributed by atoms with Gasteiger partial charge in [0.1, 0.15) is 5.15 Å². The number of hydrogen-bond donors (Lipinski definition) is 3. The zero-order valence-corrected chi connectivity index (χ0v) is 10.3. The summed E-state index contributed by atoms with van der Waals surface area (Å²) in [4.78, 5) is 14.0. The number of para-hydroxylation sites is 1. The first-order chi connectivity index (χ1) is 8.58. The number of rotatable bonds is 1. The Morgan fingerprint density at radius 1 is 1.22 bits per heavy atom. The van der Waals surface area contributed by atoms with Gasteiger partial charge in [-0.3, -0.25) is 0 Å². The number of nitrogens with zero attached hydrogens (tertiary/aromatic N) is 1. The normalized spacial score (nSPS) is 8.94. The molecule has 1 aromatic carbocycles. The van der Waals surface area contributed by atoms with Crippen molar-refractivity contribution in [2.45, 2.75) is 0 Å². The fraction of sp³-hybridized carbons (Fsp3) is 0. The Hall–Kier alpha value is -2.27. The lowest BCUT2D eigenvalue weighted by atomic mass is 10.3. The van der Waals surface area contributed by atoms with Crippen LogP contribution in [0.25, 0.3) is 0 Å². The maximum Gasteiger partial charge on any atom is 0.316 e. The van der Waals surface area contributed by atoms with E-state index >= 15 is 0 Å². The molecule has 0 bridgehead atoms. The van der Waals surface area contributed by atoms with Crippen molar-refractivity contribution in [1.82, 2.24) is 4.98 Å². The van der Waals surface area contributed by atoms with Crippen LogP contribution in [0, 0.1) is 0 Å². The van der Waals surface area contributed by atoms with Crippen LogP contribution in [-0.2, 0) is 0 Å². The molecule has 5 nitrogen and oxygen atoms in total. The van der Waals surface area contributed by atoms with Crippen LogP contribution in [0.1, 0.15) is 0 Å². The third kappa shape index (κ3) is 5.72. The van der Waals surface area contributed by atoms with E-state index in [1.165, 1.54) is 0 Å². The molecule has 94 valence electrons. The number of nitrogens with one attached hydrogen (secondary N) is 1. The molecular weight excluding hydrogens is 252 g/mol. The van der Waals surface area contributed by atoms with Crippen LogP contribution in [0.2, 0.25) is 5.15 Å². The van der Waals surface area contributed by atoms with Gasteiger partial charge in [0.15, 0.2) is 0 Å². The monoisotopic (exact) mass is 264 g/mol. The molecule has 0 saturated heterocycles. The number of primary amides is 1. The van der Waals surface area contributed by atoms with Crippen LogP contribution >= 0.6 is 11.6 Å². The molecular formula is C12H13ClN4O. The maximum absolute atomic E-state index is 10.3. The summed E-state index contributed by atoms with van der Waals surface area (Å²) in [6.07, 6.45) is 1.57. The standard InChI is InChI=1S/C7H8N2O.C5H5ClN2/c8-7(10)9-6-4-2-1-3-5-6;6-5-3-4(7)1-2-8-5/h1-5H,(H3,8,9,10);1-3H,(H2,7,8). The molecule has 2 amide bonds. The first-order valence-corrected chi connectivity index (χ1v) is 5.44. The lowest BCUT2D eigenvalue weighted by molar-refractivity contribution is 0.259. The van der Waals surface area contributed by atoms with Gasteiger partial charge in [-0.2, -0.15) is 0 Å². The van der Waals surface area contributed by atoms with Crippen molar-refractivity contribution in [2.24, 2.45) is 5.73 Å². The van der Waals surface area contributed by atoms with E-state index in [1.54, 1.807) is 30.5 Å². The van der Waals surface area contributed by atoms with E-state index in [-0.39, 0.29) is 0 Å². The lowest BCUT2D eigenvalue weighted by Gasteiger charge is -1.97. The Morgan fingerprint density at radius 3 is 2.33 bits per heavy atom. The van der Waals surface area contributed by atoms with Gasteiger partial charge in [-0.15, -0.1) is 0 Å². The van der Waals surface area contributed by atoms with Crippen LogP contribution in [0.15, 0.2) is 48.7 Å². The number of nitrogens with two attached hydrogens (primary N) is 2. The lowest BCUT2D eigenvalue weighted by Crippen LogP contribution is -2.18. The second kappa shape index (κ2) is 7.13. The molecule has 2 rings (SSSR count). The molecule has 0 fully saturated rings. The zero-order chi connectivity index (χ0) is 13.4. The van der Waals surface area contributed by atoms with Gasteiger partial charge < -0.3 is 16.8 Å². The predicted octanol–water partition coefficient (Wildman–Crippen LogP) is 2.49. The first-order valence-electron chi connectivity index (χ1n) is 5.06. The fourth-order valence-corrected chi connectivity index (χ4v) is 1.26. The summed E-state index contributed by atoms with van der Waals surface area (Å²) in [6.45, 7) is 0. The number of halogens is 1. The summed E-state index contributed by atoms with van der Waals surface area (Å²) >= 11 is 5.45. The third-order valence-corrected chi connectivity index (χ3v) is 2.00. The number of aromatic nitrogens is 1. The quantitative estimate of drug-likeness (QED) is 0.691. The summed E-state index contributed by atoms with van der Waals surface area (Å²) in [5.41, 5.74) is 11.6. The van der Waals surface area contributed by atoms with Crippen molar-refractivity contribution < 1.29 is 4.79 Å². The van der Waals surface area contributed by atoms with Crippen molar-refractivity contribution in [2.75, 3.05) is 11.1 Å². The molecule has 1 aromatic heterocycles. The van der Waals surface area contributed by atoms with E-state index in [0.29, 0.717) is 10.8 Å².